The Morgan fingerprint density at radius 3 is 2.85 bits per heavy atom. The van der Waals surface area contributed by atoms with Crippen LogP contribution in [-0.4, -0.2) is 30.9 Å². The number of rotatable bonds is 4. The Balaban J connectivity index is 2.03. The molecule has 8 heteroatoms. The largest absolute Gasteiger partial charge is 0.322 e. The average Bonchev–Trinajstić information content (AvgIpc) is 2.73. The zero-order chi connectivity index (χ0) is 14.7. The summed E-state index contributed by atoms with van der Waals surface area (Å²) in [6.07, 6.45) is 1.57. The summed E-state index contributed by atoms with van der Waals surface area (Å²) in [5, 5.41) is 11.4. The van der Waals surface area contributed by atoms with Crippen LogP contribution in [0.3, 0.4) is 0 Å². The van der Waals surface area contributed by atoms with E-state index in [0.29, 0.717) is 10.8 Å². The Bertz CT molecular complexity index is 630. The molecule has 2 heterocycles. The highest BCUT2D eigenvalue weighted by molar-refractivity contribution is 8.00. The first-order valence-electron chi connectivity index (χ1n) is 5.93. The first kappa shape index (κ1) is 14.8. The second-order valence-corrected chi connectivity index (χ2v) is 5.85. The highest BCUT2D eigenvalue weighted by Crippen LogP contribution is 2.24. The summed E-state index contributed by atoms with van der Waals surface area (Å²) in [6, 6.07) is 3.42. The van der Waals surface area contributed by atoms with Crippen molar-refractivity contribution in [2.24, 2.45) is 7.05 Å². The number of hydrogen-bond donors (Lipinski definition) is 1. The molecule has 0 aliphatic carbocycles. The summed E-state index contributed by atoms with van der Waals surface area (Å²) < 4.78 is 1.84. The van der Waals surface area contributed by atoms with Crippen LogP contribution in [0.4, 0.5) is 5.69 Å². The molecule has 20 heavy (non-hydrogen) atoms. The number of pyridine rings is 1. The smallest absolute Gasteiger partial charge is 0.237 e. The van der Waals surface area contributed by atoms with E-state index in [2.05, 4.69) is 20.5 Å². The summed E-state index contributed by atoms with van der Waals surface area (Å²) in [4.78, 5) is 16.0. The molecule has 1 N–H and O–H groups in total. The van der Waals surface area contributed by atoms with Gasteiger partial charge in [0.2, 0.25) is 5.91 Å². The average molecular weight is 312 g/mol. The zero-order valence-electron chi connectivity index (χ0n) is 11.3. The van der Waals surface area contributed by atoms with Crippen LogP contribution in [0.15, 0.2) is 23.5 Å². The predicted octanol–water partition coefficient (Wildman–Crippen LogP) is 2.29. The van der Waals surface area contributed by atoms with E-state index >= 15 is 0 Å². The first-order chi connectivity index (χ1) is 9.49. The van der Waals surface area contributed by atoms with Crippen molar-refractivity contribution < 1.29 is 4.79 Å². The van der Waals surface area contributed by atoms with Gasteiger partial charge in [0.05, 0.1) is 10.9 Å². The fourth-order valence-electron chi connectivity index (χ4n) is 1.42. The normalized spacial score (nSPS) is 12.2. The topological polar surface area (TPSA) is 72.7 Å². The quantitative estimate of drug-likeness (QED) is 0.693. The molecule has 0 radical (unpaired) electrons. The number of halogens is 1. The van der Waals surface area contributed by atoms with Crippen molar-refractivity contribution in [3.05, 3.63) is 29.3 Å². The second-order valence-electron chi connectivity index (χ2n) is 4.18. The lowest BCUT2D eigenvalue weighted by atomic mass is 10.4. The van der Waals surface area contributed by atoms with Crippen molar-refractivity contribution in [2.75, 3.05) is 5.32 Å². The lowest BCUT2D eigenvalue weighted by Gasteiger charge is -2.11. The van der Waals surface area contributed by atoms with Crippen LogP contribution in [0.25, 0.3) is 0 Å². The molecule has 0 aliphatic rings. The molecule has 2 rings (SSSR count). The van der Waals surface area contributed by atoms with E-state index in [1.807, 2.05) is 18.5 Å². The van der Waals surface area contributed by atoms with Crippen LogP contribution in [0.2, 0.25) is 5.15 Å². The third-order valence-electron chi connectivity index (χ3n) is 2.72. The molecule has 0 spiro atoms. The third-order valence-corrected chi connectivity index (χ3v) is 4.16. The fourth-order valence-corrected chi connectivity index (χ4v) is 2.44. The molecule has 0 bridgehead atoms. The molecule has 0 aromatic carbocycles. The lowest BCUT2D eigenvalue weighted by molar-refractivity contribution is -0.115. The number of nitrogens with one attached hydrogen (secondary N) is 1. The van der Waals surface area contributed by atoms with Crippen molar-refractivity contribution in [3.8, 4) is 0 Å². The van der Waals surface area contributed by atoms with E-state index in [-0.39, 0.29) is 16.3 Å². The predicted molar refractivity (Wildman–Crippen MR) is 78.9 cm³/mol. The van der Waals surface area contributed by atoms with Gasteiger partial charge >= 0.3 is 0 Å². The number of carbonyl (C=O) groups is 1. The minimum absolute atomic E-state index is 0.162. The number of aryl methyl sites for hydroxylation is 1. The van der Waals surface area contributed by atoms with Crippen LogP contribution < -0.4 is 5.32 Å². The van der Waals surface area contributed by atoms with Gasteiger partial charge in [-0.25, -0.2) is 4.98 Å². The minimum Gasteiger partial charge on any atom is -0.322 e. The van der Waals surface area contributed by atoms with Crippen molar-refractivity contribution in [1.82, 2.24) is 19.7 Å². The van der Waals surface area contributed by atoms with Gasteiger partial charge in [-0.05, 0) is 26.0 Å². The van der Waals surface area contributed by atoms with Crippen molar-refractivity contribution >= 4 is 35.0 Å². The number of hydrogen-bond acceptors (Lipinski definition) is 5. The zero-order valence-corrected chi connectivity index (χ0v) is 12.9. The lowest BCUT2D eigenvalue weighted by Crippen LogP contribution is -2.23. The number of carbonyl (C=O) groups excluding carboxylic acids is 1. The van der Waals surface area contributed by atoms with Gasteiger partial charge in [-0.2, -0.15) is 0 Å². The van der Waals surface area contributed by atoms with Crippen LogP contribution in [0.1, 0.15) is 12.7 Å². The van der Waals surface area contributed by atoms with Crippen LogP contribution in [0, 0.1) is 6.92 Å². The fraction of sp³-hybridized carbons (Fsp3) is 0.333. The molecule has 0 unspecified atom stereocenters. The Labute approximate surface area is 125 Å². The van der Waals surface area contributed by atoms with Crippen molar-refractivity contribution in [3.63, 3.8) is 0 Å². The monoisotopic (exact) mass is 311 g/mol. The van der Waals surface area contributed by atoms with Crippen LogP contribution in [0.5, 0.6) is 0 Å². The van der Waals surface area contributed by atoms with E-state index in [4.69, 9.17) is 11.6 Å². The molecule has 2 aromatic rings. The molecule has 0 saturated heterocycles. The summed E-state index contributed by atoms with van der Waals surface area (Å²) in [6.45, 7) is 3.66. The van der Waals surface area contributed by atoms with Gasteiger partial charge in [-0.3, -0.25) is 4.79 Å². The highest BCUT2D eigenvalue weighted by atomic mass is 35.5. The summed E-state index contributed by atoms with van der Waals surface area (Å²) in [5.41, 5.74) is 0.501. The summed E-state index contributed by atoms with van der Waals surface area (Å²) in [5.74, 6) is 0.640. The van der Waals surface area contributed by atoms with E-state index in [9.17, 15) is 4.79 Å². The van der Waals surface area contributed by atoms with Crippen molar-refractivity contribution in [1.29, 1.82) is 0 Å². The van der Waals surface area contributed by atoms with E-state index < -0.39 is 0 Å². The van der Waals surface area contributed by atoms with Crippen LogP contribution >= 0.6 is 23.4 Å². The number of thioether (sulfide) groups is 1. The maximum atomic E-state index is 12.1. The highest BCUT2D eigenvalue weighted by Gasteiger charge is 2.18. The second kappa shape index (κ2) is 6.23. The summed E-state index contributed by atoms with van der Waals surface area (Å²) in [7, 11) is 1.86. The molecule has 6 nitrogen and oxygen atoms in total. The maximum Gasteiger partial charge on any atom is 0.237 e. The van der Waals surface area contributed by atoms with Gasteiger partial charge in [0.1, 0.15) is 5.82 Å². The number of anilines is 1. The molecule has 1 amide bonds. The Hall–Kier alpha value is -1.60. The first-order valence-corrected chi connectivity index (χ1v) is 7.19. The Morgan fingerprint density at radius 2 is 2.25 bits per heavy atom. The third kappa shape index (κ3) is 3.29. The minimum atomic E-state index is -0.325. The maximum absolute atomic E-state index is 12.1. The van der Waals surface area contributed by atoms with Crippen LogP contribution in [-0.2, 0) is 11.8 Å². The molecule has 106 valence electrons. The molecule has 0 fully saturated rings. The molecular formula is C12H14ClN5OS. The van der Waals surface area contributed by atoms with Gasteiger partial charge in [-0.15, -0.1) is 10.2 Å². The summed E-state index contributed by atoms with van der Waals surface area (Å²) >= 11 is 7.24. The molecule has 1 atom stereocenters. The number of nitrogens with zero attached hydrogens (tertiary/aromatic N) is 4. The number of aromatic nitrogens is 4. The van der Waals surface area contributed by atoms with Gasteiger partial charge in [0.25, 0.3) is 0 Å². The molecular weight excluding hydrogens is 298 g/mol. The number of amides is 1. The molecule has 2 aromatic heterocycles. The van der Waals surface area contributed by atoms with Gasteiger partial charge in [-0.1, -0.05) is 23.4 Å². The van der Waals surface area contributed by atoms with E-state index in [0.717, 1.165) is 5.82 Å². The van der Waals surface area contributed by atoms with Gasteiger partial charge in [0.15, 0.2) is 10.3 Å². The standard InChI is InChI=1S/C12H14ClN5OS/c1-7(20-12-17-16-8(2)18(12)3)11(19)15-9-5-4-6-14-10(9)13/h4-7H,1-3H3,(H,15,19)/t7-/m0/s1. The Morgan fingerprint density at radius 1 is 1.50 bits per heavy atom. The Kier molecular flexibility index (Phi) is 4.61. The van der Waals surface area contributed by atoms with E-state index in [1.54, 1.807) is 25.3 Å². The molecule has 0 aliphatic heterocycles. The molecule has 0 saturated carbocycles. The van der Waals surface area contributed by atoms with E-state index in [1.165, 1.54) is 11.8 Å². The SMILES string of the molecule is Cc1nnc(S[C@@H](C)C(=O)Nc2cccnc2Cl)n1C. The van der Waals surface area contributed by atoms with Crippen molar-refractivity contribution in [2.45, 2.75) is 24.3 Å². The van der Waals surface area contributed by atoms with Gasteiger partial charge in [0, 0.05) is 13.2 Å². The van der Waals surface area contributed by atoms with Gasteiger partial charge < -0.3 is 9.88 Å².